The molecule has 0 radical (unpaired) electrons. The summed E-state index contributed by atoms with van der Waals surface area (Å²) in [4.78, 5) is 4.70. The van der Waals surface area contributed by atoms with Crippen LogP contribution in [-0.2, 0) is 13.5 Å². The molecule has 0 bridgehead atoms. The van der Waals surface area contributed by atoms with E-state index in [0.29, 0.717) is 0 Å². The molecule has 2 nitrogen and oxygen atoms in total. The number of hydrogen-bond acceptors (Lipinski definition) is 1. The summed E-state index contributed by atoms with van der Waals surface area (Å²) in [5.74, 6) is 0. The highest BCUT2D eigenvalue weighted by molar-refractivity contribution is 5.92. The smallest absolute Gasteiger partial charge is 0.232 e. The van der Waals surface area contributed by atoms with E-state index in [9.17, 15) is 0 Å². The fourth-order valence-electron chi connectivity index (χ4n) is 3.62. The third kappa shape index (κ3) is 3.58. The number of hydrogen-bond donors (Lipinski definition) is 0. The van der Waals surface area contributed by atoms with Crippen LogP contribution in [0.15, 0.2) is 36.7 Å². The maximum absolute atomic E-state index is 4.70. The van der Waals surface area contributed by atoms with Gasteiger partial charge in [0, 0.05) is 5.56 Å². The van der Waals surface area contributed by atoms with Gasteiger partial charge in [0.05, 0.1) is 12.4 Å². The van der Waals surface area contributed by atoms with Crippen molar-refractivity contribution in [2.24, 2.45) is 12.5 Å². The van der Waals surface area contributed by atoms with Gasteiger partial charge < -0.3 is 0 Å². The van der Waals surface area contributed by atoms with E-state index in [1.807, 2.05) is 6.33 Å². The second-order valence-corrected chi connectivity index (χ2v) is 8.55. The highest BCUT2D eigenvalue weighted by Crippen LogP contribution is 2.31. The lowest BCUT2D eigenvalue weighted by atomic mass is 9.87. The Balaban J connectivity index is 2.24. The number of benzene rings is 2. The summed E-state index contributed by atoms with van der Waals surface area (Å²) >= 11 is 0. The molecule has 2 aromatic carbocycles. The van der Waals surface area contributed by atoms with Crippen LogP contribution in [0.3, 0.4) is 0 Å². The molecule has 0 saturated heterocycles. The fourth-order valence-corrected chi connectivity index (χ4v) is 3.62. The zero-order valence-corrected chi connectivity index (χ0v) is 16.6. The van der Waals surface area contributed by atoms with E-state index in [1.54, 1.807) is 0 Å². The molecular weight excluding hydrogens is 304 g/mol. The lowest BCUT2D eigenvalue weighted by molar-refractivity contribution is -0.662. The lowest BCUT2D eigenvalue weighted by Gasteiger charge is -2.18. The van der Waals surface area contributed by atoms with Crippen LogP contribution in [0.25, 0.3) is 22.2 Å². The van der Waals surface area contributed by atoms with E-state index >= 15 is 0 Å². The molecule has 2 heteroatoms. The van der Waals surface area contributed by atoms with E-state index in [-0.39, 0.29) is 5.41 Å². The Labute approximate surface area is 151 Å². The summed E-state index contributed by atoms with van der Waals surface area (Å²) in [5, 5.41) is 1.22. The van der Waals surface area contributed by atoms with Crippen molar-refractivity contribution >= 4 is 10.9 Å². The van der Waals surface area contributed by atoms with Gasteiger partial charge in [0.1, 0.15) is 5.69 Å². The second-order valence-electron chi connectivity index (χ2n) is 8.55. The van der Waals surface area contributed by atoms with Gasteiger partial charge in [-0.1, -0.05) is 38.5 Å². The minimum atomic E-state index is 0.278. The van der Waals surface area contributed by atoms with E-state index < -0.39 is 0 Å². The molecule has 25 heavy (non-hydrogen) atoms. The molecule has 1 aromatic heterocycles. The van der Waals surface area contributed by atoms with Crippen LogP contribution >= 0.6 is 0 Å². The van der Waals surface area contributed by atoms with Crippen LogP contribution in [0.5, 0.6) is 0 Å². The SMILES string of the molecule is Cc1cc(C)c(C)c(-c2c3ccc(CC(C)(C)C)cc3nc[n+]2C)c1. The van der Waals surface area contributed by atoms with Gasteiger partial charge in [-0.25, -0.2) is 4.57 Å². The van der Waals surface area contributed by atoms with Gasteiger partial charge in [-0.15, -0.1) is 0 Å². The van der Waals surface area contributed by atoms with Gasteiger partial charge in [0.25, 0.3) is 6.33 Å². The summed E-state index contributed by atoms with van der Waals surface area (Å²) in [5.41, 5.74) is 9.23. The summed E-state index contributed by atoms with van der Waals surface area (Å²) in [6.45, 7) is 13.4. The average Bonchev–Trinajstić information content (AvgIpc) is 2.50. The van der Waals surface area contributed by atoms with Crippen LogP contribution in [-0.4, -0.2) is 4.98 Å². The molecule has 0 spiro atoms. The maximum Gasteiger partial charge on any atom is 0.287 e. The first kappa shape index (κ1) is 17.6. The van der Waals surface area contributed by atoms with Crippen LogP contribution in [0.1, 0.15) is 43.0 Å². The topological polar surface area (TPSA) is 16.8 Å². The molecule has 0 amide bonds. The Morgan fingerprint density at radius 3 is 2.40 bits per heavy atom. The minimum Gasteiger partial charge on any atom is -0.232 e. The van der Waals surface area contributed by atoms with Crippen LogP contribution in [0.2, 0.25) is 0 Å². The molecular formula is C23H29N2+. The molecule has 130 valence electrons. The summed E-state index contributed by atoms with van der Waals surface area (Å²) < 4.78 is 2.15. The number of aromatic nitrogens is 2. The maximum atomic E-state index is 4.70. The van der Waals surface area contributed by atoms with Crippen molar-refractivity contribution in [3.05, 3.63) is 58.9 Å². The molecule has 3 aromatic rings. The average molecular weight is 333 g/mol. The van der Waals surface area contributed by atoms with Gasteiger partial charge in [-0.3, -0.25) is 0 Å². The summed E-state index contributed by atoms with van der Waals surface area (Å²) in [7, 11) is 2.09. The number of nitrogens with zero attached hydrogens (tertiary/aromatic N) is 2. The van der Waals surface area contributed by atoms with Crippen LogP contribution in [0, 0.1) is 26.2 Å². The fraction of sp³-hybridized carbons (Fsp3) is 0.391. The largest absolute Gasteiger partial charge is 0.287 e. The molecule has 0 aliphatic rings. The highest BCUT2D eigenvalue weighted by Gasteiger charge is 2.19. The molecule has 0 atom stereocenters. The van der Waals surface area contributed by atoms with Crippen LogP contribution < -0.4 is 4.57 Å². The summed E-state index contributed by atoms with van der Waals surface area (Å²) in [6, 6.07) is 11.3. The van der Waals surface area contributed by atoms with E-state index in [0.717, 1.165) is 11.9 Å². The molecule has 0 saturated carbocycles. The van der Waals surface area contributed by atoms with E-state index in [4.69, 9.17) is 4.98 Å². The van der Waals surface area contributed by atoms with Crippen molar-refractivity contribution in [3.63, 3.8) is 0 Å². The third-order valence-corrected chi connectivity index (χ3v) is 4.84. The van der Waals surface area contributed by atoms with Gasteiger partial charge >= 0.3 is 0 Å². The molecule has 1 heterocycles. The molecule has 0 aliphatic carbocycles. The van der Waals surface area contributed by atoms with Gasteiger partial charge in [0.15, 0.2) is 5.52 Å². The van der Waals surface area contributed by atoms with E-state index in [2.05, 4.69) is 83.5 Å². The first-order valence-corrected chi connectivity index (χ1v) is 9.01. The number of rotatable bonds is 2. The molecule has 0 N–H and O–H groups in total. The van der Waals surface area contributed by atoms with Crippen molar-refractivity contribution in [2.75, 3.05) is 0 Å². The standard InChI is InChI=1S/C23H29N2/c1-15-10-16(2)17(3)20(11-15)22-19-9-8-18(13-23(4,5)6)12-21(19)24-14-25(22)7/h8-12,14H,13H2,1-7H3/q+1. The third-order valence-electron chi connectivity index (χ3n) is 4.84. The minimum absolute atomic E-state index is 0.278. The summed E-state index contributed by atoms with van der Waals surface area (Å²) in [6.07, 6.45) is 3.00. The Hall–Kier alpha value is -2.22. The van der Waals surface area contributed by atoms with Gasteiger partial charge in [-0.2, -0.15) is 0 Å². The van der Waals surface area contributed by atoms with Crippen molar-refractivity contribution in [3.8, 4) is 11.3 Å². The predicted octanol–water partition coefficient (Wildman–Crippen LogP) is 5.24. The van der Waals surface area contributed by atoms with E-state index in [1.165, 1.54) is 38.9 Å². The second kappa shape index (κ2) is 6.25. The quantitative estimate of drug-likeness (QED) is 0.586. The molecule has 0 aliphatic heterocycles. The highest BCUT2D eigenvalue weighted by atomic mass is 15.0. The zero-order valence-electron chi connectivity index (χ0n) is 16.6. The Morgan fingerprint density at radius 2 is 1.72 bits per heavy atom. The van der Waals surface area contributed by atoms with Crippen molar-refractivity contribution in [2.45, 2.75) is 48.0 Å². The van der Waals surface area contributed by atoms with Crippen LogP contribution in [0.4, 0.5) is 0 Å². The monoisotopic (exact) mass is 333 g/mol. The van der Waals surface area contributed by atoms with Gasteiger partial charge in [0.2, 0.25) is 0 Å². The normalized spacial score (nSPS) is 12.0. The predicted molar refractivity (Wildman–Crippen MR) is 106 cm³/mol. The van der Waals surface area contributed by atoms with Gasteiger partial charge in [-0.05, 0) is 72.5 Å². The number of fused-ring (bicyclic) bond motifs is 1. The Kier molecular flexibility index (Phi) is 4.40. The number of aryl methyl sites for hydroxylation is 3. The molecule has 3 rings (SSSR count). The van der Waals surface area contributed by atoms with Crippen molar-refractivity contribution in [1.82, 2.24) is 4.98 Å². The Morgan fingerprint density at radius 1 is 1.00 bits per heavy atom. The molecule has 0 fully saturated rings. The first-order chi connectivity index (χ1) is 11.7. The molecule has 0 unspecified atom stereocenters. The lowest BCUT2D eigenvalue weighted by Crippen LogP contribution is -2.32. The van der Waals surface area contributed by atoms with Crippen molar-refractivity contribution in [1.29, 1.82) is 0 Å². The first-order valence-electron chi connectivity index (χ1n) is 9.01. The Bertz CT molecular complexity index is 946. The zero-order chi connectivity index (χ0) is 18.4. The van der Waals surface area contributed by atoms with Crippen molar-refractivity contribution < 1.29 is 4.57 Å².